The van der Waals surface area contributed by atoms with Crippen LogP contribution in [0.15, 0.2) is 45.3 Å². The van der Waals surface area contributed by atoms with Crippen LogP contribution >= 0.6 is 31.9 Å². The Hall–Kier alpha value is -0.920. The molecule has 0 radical (unpaired) electrons. The number of benzene rings is 2. The zero-order chi connectivity index (χ0) is 19.1. The monoisotopic (exact) mass is 485 g/mol. The van der Waals surface area contributed by atoms with E-state index in [1.54, 1.807) is 7.11 Å². The number of halogens is 2. The highest BCUT2D eigenvalue weighted by Gasteiger charge is 2.20. The molecule has 0 aliphatic rings. The highest BCUT2D eigenvalue weighted by molar-refractivity contribution is 9.10. The third-order valence-electron chi connectivity index (χ3n) is 4.46. The molecule has 26 heavy (non-hydrogen) atoms. The summed E-state index contributed by atoms with van der Waals surface area (Å²) < 4.78 is 7.33. The first-order valence-corrected chi connectivity index (χ1v) is 10.2. The summed E-state index contributed by atoms with van der Waals surface area (Å²) in [5, 5.41) is 19.5. The lowest BCUT2D eigenvalue weighted by Crippen LogP contribution is -2.39. The first-order chi connectivity index (χ1) is 12.5. The molecule has 0 atom stereocenters. The number of rotatable bonds is 9. The molecule has 2 aromatic carbocycles. The molecule has 0 unspecified atom stereocenters. The molecule has 142 valence electrons. The second-order valence-electron chi connectivity index (χ2n) is 6.16. The van der Waals surface area contributed by atoms with Crippen molar-refractivity contribution in [2.24, 2.45) is 0 Å². The Morgan fingerprint density at radius 1 is 0.962 bits per heavy atom. The van der Waals surface area contributed by atoms with Gasteiger partial charge in [0.15, 0.2) is 0 Å². The summed E-state index contributed by atoms with van der Waals surface area (Å²) >= 11 is 7.21. The van der Waals surface area contributed by atoms with Crippen LogP contribution in [-0.2, 0) is 19.5 Å². The largest absolute Gasteiger partial charge is 0.497 e. The van der Waals surface area contributed by atoms with Crippen LogP contribution < -0.4 is 4.74 Å². The quantitative estimate of drug-likeness (QED) is 0.559. The van der Waals surface area contributed by atoms with E-state index in [9.17, 15) is 10.2 Å². The number of hydrogen-bond acceptors (Lipinski definition) is 4. The predicted molar refractivity (Wildman–Crippen MR) is 111 cm³/mol. The SMILES string of the molecule is CCc1ccc(Br)c(CN(Cc2cc(OC)ccc2Br)C(CO)CO)c1. The summed E-state index contributed by atoms with van der Waals surface area (Å²) in [4.78, 5) is 2.08. The van der Waals surface area contributed by atoms with Gasteiger partial charge in [-0.05, 0) is 47.4 Å². The van der Waals surface area contributed by atoms with Crippen LogP contribution in [0.2, 0.25) is 0 Å². The maximum atomic E-state index is 9.74. The topological polar surface area (TPSA) is 52.9 Å². The number of hydrogen-bond donors (Lipinski definition) is 2. The van der Waals surface area contributed by atoms with E-state index in [0.29, 0.717) is 13.1 Å². The predicted octanol–water partition coefficient (Wildman–Crippen LogP) is 4.14. The molecule has 0 aliphatic heterocycles. The number of aliphatic hydroxyl groups excluding tert-OH is 2. The average molecular weight is 487 g/mol. The summed E-state index contributed by atoms with van der Waals surface area (Å²) in [5.41, 5.74) is 3.43. The van der Waals surface area contributed by atoms with Gasteiger partial charge in [0.25, 0.3) is 0 Å². The maximum absolute atomic E-state index is 9.74. The van der Waals surface area contributed by atoms with Crippen LogP contribution in [0.25, 0.3) is 0 Å². The minimum absolute atomic E-state index is 0.108. The minimum atomic E-state index is -0.342. The van der Waals surface area contributed by atoms with Gasteiger partial charge in [0.1, 0.15) is 5.75 Å². The number of ether oxygens (including phenoxy) is 1. The van der Waals surface area contributed by atoms with E-state index in [-0.39, 0.29) is 19.3 Å². The molecule has 0 aromatic heterocycles. The molecule has 0 saturated carbocycles. The third-order valence-corrected chi connectivity index (χ3v) is 6.00. The molecule has 0 heterocycles. The van der Waals surface area contributed by atoms with Crippen molar-refractivity contribution in [2.45, 2.75) is 32.5 Å². The second-order valence-corrected chi connectivity index (χ2v) is 7.87. The lowest BCUT2D eigenvalue weighted by molar-refractivity contribution is 0.0630. The highest BCUT2D eigenvalue weighted by Crippen LogP contribution is 2.27. The van der Waals surface area contributed by atoms with E-state index in [1.165, 1.54) is 5.56 Å². The Kier molecular flexibility index (Phi) is 8.57. The zero-order valence-electron chi connectivity index (χ0n) is 15.1. The van der Waals surface area contributed by atoms with Gasteiger partial charge in [-0.2, -0.15) is 0 Å². The standard InChI is InChI=1S/C20H25Br2NO3/c1-3-14-4-6-19(21)15(8-14)10-23(17(12-24)13-25)11-16-9-18(26-2)5-7-20(16)22/h4-9,17,24-25H,3,10-13H2,1-2H3. The van der Waals surface area contributed by atoms with Gasteiger partial charge < -0.3 is 14.9 Å². The van der Waals surface area contributed by atoms with Gasteiger partial charge in [-0.15, -0.1) is 0 Å². The van der Waals surface area contributed by atoms with Crippen LogP contribution in [0.4, 0.5) is 0 Å². The smallest absolute Gasteiger partial charge is 0.119 e. The fraction of sp³-hybridized carbons (Fsp3) is 0.400. The van der Waals surface area contributed by atoms with Gasteiger partial charge >= 0.3 is 0 Å². The van der Waals surface area contributed by atoms with Crippen molar-refractivity contribution in [1.29, 1.82) is 0 Å². The summed E-state index contributed by atoms with van der Waals surface area (Å²) in [5.74, 6) is 0.779. The fourth-order valence-electron chi connectivity index (χ4n) is 2.81. The maximum Gasteiger partial charge on any atom is 0.119 e. The highest BCUT2D eigenvalue weighted by atomic mass is 79.9. The van der Waals surface area contributed by atoms with Crippen molar-refractivity contribution in [2.75, 3.05) is 20.3 Å². The Labute approximate surface area is 172 Å². The van der Waals surface area contributed by atoms with Gasteiger partial charge in [-0.3, -0.25) is 4.90 Å². The van der Waals surface area contributed by atoms with Crippen molar-refractivity contribution in [3.8, 4) is 5.75 Å². The van der Waals surface area contributed by atoms with Gasteiger partial charge in [0.2, 0.25) is 0 Å². The Morgan fingerprint density at radius 2 is 1.54 bits per heavy atom. The van der Waals surface area contributed by atoms with Crippen LogP contribution in [0.5, 0.6) is 5.75 Å². The van der Waals surface area contributed by atoms with Crippen molar-refractivity contribution < 1.29 is 14.9 Å². The molecule has 2 rings (SSSR count). The van der Waals surface area contributed by atoms with Gasteiger partial charge in [0.05, 0.1) is 26.4 Å². The summed E-state index contributed by atoms with van der Waals surface area (Å²) in [7, 11) is 1.64. The lowest BCUT2D eigenvalue weighted by Gasteiger charge is -2.30. The summed E-state index contributed by atoms with van der Waals surface area (Å²) in [6.45, 7) is 3.10. The van der Waals surface area contributed by atoms with E-state index in [0.717, 1.165) is 32.2 Å². The molecular formula is C20H25Br2NO3. The lowest BCUT2D eigenvalue weighted by atomic mass is 10.1. The van der Waals surface area contributed by atoms with Crippen LogP contribution in [0, 0.1) is 0 Å². The molecule has 0 fully saturated rings. The Bertz CT molecular complexity index is 665. The van der Waals surface area contributed by atoms with Gasteiger partial charge in [0, 0.05) is 22.0 Å². The molecule has 0 bridgehead atoms. The van der Waals surface area contributed by atoms with Gasteiger partial charge in [-0.1, -0.05) is 50.9 Å². The van der Waals surface area contributed by atoms with Crippen molar-refractivity contribution in [3.63, 3.8) is 0 Å². The zero-order valence-corrected chi connectivity index (χ0v) is 18.3. The van der Waals surface area contributed by atoms with E-state index in [1.807, 2.05) is 18.2 Å². The molecule has 0 saturated heterocycles. The summed E-state index contributed by atoms with van der Waals surface area (Å²) in [6, 6.07) is 11.8. The number of nitrogens with zero attached hydrogens (tertiary/aromatic N) is 1. The summed E-state index contributed by atoms with van der Waals surface area (Å²) in [6.07, 6.45) is 0.963. The van der Waals surface area contributed by atoms with Crippen LogP contribution in [-0.4, -0.2) is 41.5 Å². The van der Waals surface area contributed by atoms with Crippen molar-refractivity contribution in [1.82, 2.24) is 4.90 Å². The van der Waals surface area contributed by atoms with Crippen LogP contribution in [0.3, 0.4) is 0 Å². The average Bonchev–Trinajstić information content (AvgIpc) is 2.66. The first kappa shape index (κ1) is 21.4. The molecule has 2 aromatic rings. The minimum Gasteiger partial charge on any atom is -0.497 e. The number of aryl methyl sites for hydroxylation is 1. The molecule has 0 aliphatic carbocycles. The fourth-order valence-corrected chi connectivity index (χ4v) is 3.55. The van der Waals surface area contributed by atoms with E-state index in [4.69, 9.17) is 4.74 Å². The molecular weight excluding hydrogens is 462 g/mol. The third kappa shape index (κ3) is 5.54. The normalized spacial score (nSPS) is 11.4. The van der Waals surface area contributed by atoms with Gasteiger partial charge in [-0.25, -0.2) is 0 Å². The van der Waals surface area contributed by atoms with Crippen molar-refractivity contribution in [3.05, 3.63) is 62.0 Å². The van der Waals surface area contributed by atoms with Crippen LogP contribution in [0.1, 0.15) is 23.6 Å². The molecule has 0 spiro atoms. The molecule has 0 amide bonds. The van der Waals surface area contributed by atoms with Crippen molar-refractivity contribution >= 4 is 31.9 Å². The molecule has 6 heteroatoms. The Balaban J connectivity index is 2.32. The molecule has 4 nitrogen and oxygen atoms in total. The second kappa shape index (κ2) is 10.4. The van der Waals surface area contributed by atoms with E-state index in [2.05, 4.69) is 61.9 Å². The first-order valence-electron chi connectivity index (χ1n) is 8.57. The van der Waals surface area contributed by atoms with E-state index < -0.39 is 0 Å². The Morgan fingerprint density at radius 3 is 2.08 bits per heavy atom. The number of aliphatic hydroxyl groups is 2. The van der Waals surface area contributed by atoms with E-state index >= 15 is 0 Å². The molecule has 2 N–H and O–H groups in total. The number of methoxy groups -OCH3 is 1.